The van der Waals surface area contributed by atoms with Crippen molar-refractivity contribution in [3.8, 4) is 11.5 Å². The molecule has 0 atom stereocenters. The van der Waals surface area contributed by atoms with Crippen LogP contribution in [-0.2, 0) is 6.61 Å². The lowest BCUT2D eigenvalue weighted by molar-refractivity contribution is 0.0698. The molecule has 30 heavy (non-hydrogen) atoms. The Labute approximate surface area is 171 Å². The molecule has 0 radical (unpaired) electrons. The first kappa shape index (κ1) is 20.8. The third-order valence-corrected chi connectivity index (χ3v) is 4.14. The van der Waals surface area contributed by atoms with Gasteiger partial charge in [-0.25, -0.2) is 13.6 Å². The molecule has 3 aromatic rings. The highest BCUT2D eigenvalue weighted by Gasteiger charge is 2.10. The second-order valence-corrected chi connectivity index (χ2v) is 6.16. The number of benzene rings is 3. The van der Waals surface area contributed by atoms with Gasteiger partial charge in [-0.2, -0.15) is 5.10 Å². The van der Waals surface area contributed by atoms with Crippen LogP contribution in [-0.4, -0.2) is 24.4 Å². The Morgan fingerprint density at radius 1 is 1.10 bits per heavy atom. The minimum atomic E-state index is -1.06. The van der Waals surface area contributed by atoms with Crippen LogP contribution in [0, 0.1) is 11.6 Å². The summed E-state index contributed by atoms with van der Waals surface area (Å²) in [5.74, 6) is -2.10. The fourth-order valence-electron chi connectivity index (χ4n) is 2.68. The number of rotatable bonds is 8. The minimum absolute atomic E-state index is 0.0112. The lowest BCUT2D eigenvalue weighted by Crippen LogP contribution is -2.03. The molecule has 6 nitrogen and oxygen atoms in total. The largest absolute Gasteiger partial charge is 0.496 e. The van der Waals surface area contributed by atoms with Crippen LogP contribution in [0.25, 0.3) is 0 Å². The molecule has 0 spiro atoms. The Hall–Kier alpha value is -3.94. The Balaban J connectivity index is 1.74. The molecule has 0 saturated heterocycles. The summed E-state index contributed by atoms with van der Waals surface area (Å²) in [6.45, 7) is -0.0112. The first-order chi connectivity index (χ1) is 14.5. The van der Waals surface area contributed by atoms with Gasteiger partial charge in [0.25, 0.3) is 0 Å². The summed E-state index contributed by atoms with van der Waals surface area (Å²) in [5.41, 5.74) is 4.45. The van der Waals surface area contributed by atoms with E-state index in [-0.39, 0.29) is 17.9 Å². The number of hydrogen-bond donors (Lipinski definition) is 2. The molecule has 0 aromatic heterocycles. The number of aromatic carboxylic acids is 1. The van der Waals surface area contributed by atoms with Gasteiger partial charge in [-0.3, -0.25) is 5.43 Å². The monoisotopic (exact) mass is 412 g/mol. The number of carboxylic acid groups (broad SMARTS) is 1. The Morgan fingerprint density at radius 2 is 1.87 bits per heavy atom. The molecule has 154 valence electrons. The second-order valence-electron chi connectivity index (χ2n) is 6.16. The quantitative estimate of drug-likeness (QED) is 0.414. The third-order valence-electron chi connectivity index (χ3n) is 4.14. The van der Waals surface area contributed by atoms with Crippen molar-refractivity contribution in [3.63, 3.8) is 0 Å². The maximum atomic E-state index is 13.8. The van der Waals surface area contributed by atoms with Gasteiger partial charge in [0.2, 0.25) is 0 Å². The lowest BCUT2D eigenvalue weighted by Gasteiger charge is -2.12. The van der Waals surface area contributed by atoms with Crippen molar-refractivity contribution in [2.45, 2.75) is 6.61 Å². The average molecular weight is 412 g/mol. The van der Waals surface area contributed by atoms with Gasteiger partial charge in [0.1, 0.15) is 18.2 Å². The molecule has 0 aliphatic rings. The van der Waals surface area contributed by atoms with Crippen LogP contribution in [0.2, 0.25) is 0 Å². The smallest absolute Gasteiger partial charge is 0.337 e. The van der Waals surface area contributed by atoms with Crippen molar-refractivity contribution in [3.05, 3.63) is 89.0 Å². The summed E-state index contributed by atoms with van der Waals surface area (Å²) >= 11 is 0. The van der Waals surface area contributed by atoms with Gasteiger partial charge >= 0.3 is 5.97 Å². The normalized spacial score (nSPS) is 10.8. The molecule has 2 N–H and O–H groups in total. The minimum Gasteiger partial charge on any atom is -0.496 e. The number of halogens is 2. The molecule has 3 rings (SSSR count). The number of hydrogen-bond acceptors (Lipinski definition) is 5. The van der Waals surface area contributed by atoms with Gasteiger partial charge in [0.05, 0.1) is 24.6 Å². The summed E-state index contributed by atoms with van der Waals surface area (Å²) < 4.78 is 37.5. The van der Waals surface area contributed by atoms with E-state index in [1.54, 1.807) is 36.4 Å². The molecule has 0 unspecified atom stereocenters. The van der Waals surface area contributed by atoms with Gasteiger partial charge in [-0.05, 0) is 48.0 Å². The van der Waals surface area contributed by atoms with E-state index in [0.29, 0.717) is 22.6 Å². The van der Waals surface area contributed by atoms with E-state index in [4.69, 9.17) is 9.47 Å². The molecule has 0 amide bonds. The van der Waals surface area contributed by atoms with Crippen LogP contribution in [0.5, 0.6) is 11.5 Å². The van der Waals surface area contributed by atoms with Crippen molar-refractivity contribution in [1.82, 2.24) is 0 Å². The molecule has 0 aliphatic heterocycles. The van der Waals surface area contributed by atoms with Gasteiger partial charge in [-0.15, -0.1) is 0 Å². The zero-order valence-corrected chi connectivity index (χ0v) is 15.9. The zero-order valence-electron chi connectivity index (χ0n) is 15.9. The number of anilines is 1. The summed E-state index contributed by atoms with van der Waals surface area (Å²) in [7, 11) is 1.50. The predicted octanol–water partition coefficient (Wildman–Crippen LogP) is 4.70. The van der Waals surface area contributed by atoms with Crippen LogP contribution in [0.3, 0.4) is 0 Å². The van der Waals surface area contributed by atoms with Gasteiger partial charge < -0.3 is 14.6 Å². The summed E-state index contributed by atoms with van der Waals surface area (Å²) in [5, 5.41) is 13.3. The van der Waals surface area contributed by atoms with Crippen molar-refractivity contribution in [2.75, 3.05) is 12.5 Å². The number of carbonyl (C=O) groups is 1. The number of hydrazone groups is 1. The first-order valence-corrected chi connectivity index (χ1v) is 8.84. The highest BCUT2D eigenvalue weighted by Crippen LogP contribution is 2.24. The zero-order chi connectivity index (χ0) is 21.5. The van der Waals surface area contributed by atoms with E-state index in [1.165, 1.54) is 25.5 Å². The molecule has 0 aliphatic carbocycles. The van der Waals surface area contributed by atoms with E-state index in [0.717, 1.165) is 12.1 Å². The maximum absolute atomic E-state index is 13.8. The number of nitrogens with zero attached hydrogens (tertiary/aromatic N) is 1. The highest BCUT2D eigenvalue weighted by molar-refractivity contribution is 5.94. The highest BCUT2D eigenvalue weighted by atomic mass is 19.1. The van der Waals surface area contributed by atoms with Gasteiger partial charge in [-0.1, -0.05) is 12.1 Å². The summed E-state index contributed by atoms with van der Waals surface area (Å²) in [6, 6.07) is 14.6. The second kappa shape index (κ2) is 9.51. The molecule has 0 fully saturated rings. The molecule has 0 bridgehead atoms. The van der Waals surface area contributed by atoms with Gasteiger partial charge in [0.15, 0.2) is 11.6 Å². The Bertz CT molecular complexity index is 1090. The summed E-state index contributed by atoms with van der Waals surface area (Å²) in [6.07, 6.45) is 1.50. The Kier molecular flexibility index (Phi) is 6.59. The van der Waals surface area contributed by atoms with E-state index in [9.17, 15) is 18.7 Å². The molecule has 0 heterocycles. The molecular weight excluding hydrogens is 394 g/mol. The van der Waals surface area contributed by atoms with E-state index < -0.39 is 17.6 Å². The van der Waals surface area contributed by atoms with Crippen LogP contribution in [0.4, 0.5) is 14.5 Å². The van der Waals surface area contributed by atoms with Crippen LogP contribution >= 0.6 is 0 Å². The van der Waals surface area contributed by atoms with Gasteiger partial charge in [0, 0.05) is 11.6 Å². The fraction of sp³-hybridized carbons (Fsp3) is 0.0909. The maximum Gasteiger partial charge on any atom is 0.337 e. The van der Waals surface area contributed by atoms with Crippen molar-refractivity contribution >= 4 is 17.9 Å². The first-order valence-electron chi connectivity index (χ1n) is 8.84. The van der Waals surface area contributed by atoms with Crippen molar-refractivity contribution in [2.24, 2.45) is 5.10 Å². The average Bonchev–Trinajstić information content (AvgIpc) is 2.73. The fourth-order valence-corrected chi connectivity index (χ4v) is 2.68. The van der Waals surface area contributed by atoms with Crippen LogP contribution < -0.4 is 14.9 Å². The number of methoxy groups -OCH3 is 1. The van der Waals surface area contributed by atoms with Crippen LogP contribution in [0.1, 0.15) is 21.5 Å². The van der Waals surface area contributed by atoms with E-state index in [1.807, 2.05) is 0 Å². The van der Waals surface area contributed by atoms with Crippen LogP contribution in [0.15, 0.2) is 65.8 Å². The lowest BCUT2D eigenvalue weighted by atomic mass is 10.1. The molecule has 0 saturated carbocycles. The predicted molar refractivity (Wildman–Crippen MR) is 108 cm³/mol. The number of carboxylic acids is 1. The topological polar surface area (TPSA) is 80.2 Å². The van der Waals surface area contributed by atoms with E-state index >= 15 is 0 Å². The standard InChI is InChI=1S/C22H18F2N2O4/c1-29-20-8-6-14(12-25-26-19-5-3-2-4-17(19)22(27)28)10-15(20)13-30-21-9-7-16(23)11-18(21)24/h2-12,26H,13H2,1H3,(H,27,28). The van der Waals surface area contributed by atoms with E-state index in [2.05, 4.69) is 10.5 Å². The number of para-hydroxylation sites is 1. The third kappa shape index (κ3) is 5.11. The van der Waals surface area contributed by atoms with Crippen molar-refractivity contribution < 1.29 is 28.2 Å². The Morgan fingerprint density at radius 3 is 2.60 bits per heavy atom. The number of ether oxygens (including phenoxy) is 2. The molecule has 3 aromatic carbocycles. The van der Waals surface area contributed by atoms with Crippen molar-refractivity contribution in [1.29, 1.82) is 0 Å². The number of nitrogens with one attached hydrogen (secondary N) is 1. The summed E-state index contributed by atoms with van der Waals surface area (Å²) in [4.78, 5) is 11.2. The molecule has 8 heteroatoms. The SMILES string of the molecule is COc1ccc(C=NNc2ccccc2C(=O)O)cc1COc1ccc(F)cc1F. The molecular formula is C22H18F2N2O4.